The number of nitrogen functional groups attached to an aromatic ring is 1. The minimum absolute atomic E-state index is 0.0685. The summed E-state index contributed by atoms with van der Waals surface area (Å²) in [7, 11) is -4.78. The van der Waals surface area contributed by atoms with Gasteiger partial charge in [-0.1, -0.05) is 35.4 Å². The molecule has 0 spiro atoms. The van der Waals surface area contributed by atoms with Crippen molar-refractivity contribution >= 4 is 19.5 Å². The van der Waals surface area contributed by atoms with Gasteiger partial charge in [-0.3, -0.25) is 13.9 Å². The van der Waals surface area contributed by atoms with Crippen LogP contribution in [0.3, 0.4) is 0 Å². The molecule has 6 atom stereocenters. The highest BCUT2D eigenvalue weighted by Gasteiger charge is 2.56. The van der Waals surface area contributed by atoms with Crippen LogP contribution in [0.1, 0.15) is 18.7 Å². The van der Waals surface area contributed by atoms with Crippen LogP contribution in [-0.2, 0) is 30.0 Å². The van der Waals surface area contributed by atoms with Crippen molar-refractivity contribution in [3.63, 3.8) is 0 Å². The summed E-state index contributed by atoms with van der Waals surface area (Å²) < 4.78 is 28.8. The SMILES string of the molecule is C[C@@H](NP(=O)(O)OC[C@@]1(N=[N+]=[N-])O[C@@H](n2ccc(N)nc2=O)[C@H](O)[C@@H]1O)C(=O)OCc1ccccc1. The molecule has 0 saturated carbocycles. The lowest BCUT2D eigenvalue weighted by atomic mass is 10.1. The predicted molar refractivity (Wildman–Crippen MR) is 122 cm³/mol. The third-order valence-corrected chi connectivity index (χ3v) is 6.32. The molecule has 1 fully saturated rings. The van der Waals surface area contributed by atoms with E-state index < -0.39 is 56.2 Å². The second kappa shape index (κ2) is 11.2. The molecule has 6 N–H and O–H groups in total. The second-order valence-electron chi connectivity index (χ2n) is 7.76. The Balaban J connectivity index is 1.67. The van der Waals surface area contributed by atoms with Crippen LogP contribution in [0.2, 0.25) is 0 Å². The summed E-state index contributed by atoms with van der Waals surface area (Å²) in [6.45, 7) is 0.139. The molecule has 0 aliphatic carbocycles. The summed E-state index contributed by atoms with van der Waals surface area (Å²) in [5, 5.41) is 26.3. The van der Waals surface area contributed by atoms with Gasteiger partial charge in [-0.2, -0.15) is 4.98 Å². The maximum Gasteiger partial charge on any atom is 0.403 e. The van der Waals surface area contributed by atoms with Gasteiger partial charge in [0.1, 0.15) is 30.7 Å². The molecule has 17 heteroatoms. The van der Waals surface area contributed by atoms with E-state index in [1.165, 1.54) is 13.0 Å². The van der Waals surface area contributed by atoms with Gasteiger partial charge >= 0.3 is 19.4 Å². The number of anilines is 1. The minimum Gasteiger partial charge on any atom is -0.460 e. The van der Waals surface area contributed by atoms with Crippen LogP contribution in [-0.4, -0.2) is 61.2 Å². The van der Waals surface area contributed by atoms with Crippen molar-refractivity contribution in [3.8, 4) is 0 Å². The molecule has 1 saturated heterocycles. The van der Waals surface area contributed by atoms with Crippen molar-refractivity contribution in [3.05, 3.63) is 69.1 Å². The Morgan fingerprint density at radius 3 is 2.75 bits per heavy atom. The second-order valence-corrected chi connectivity index (χ2v) is 9.32. The first-order valence-electron chi connectivity index (χ1n) is 10.4. The van der Waals surface area contributed by atoms with Gasteiger partial charge in [0.15, 0.2) is 6.23 Å². The number of esters is 1. The Hall–Kier alpha value is -3.33. The third kappa shape index (κ3) is 6.26. The van der Waals surface area contributed by atoms with E-state index >= 15 is 0 Å². The predicted octanol–water partition coefficient (Wildman–Crippen LogP) is -0.0788. The highest BCUT2D eigenvalue weighted by molar-refractivity contribution is 7.50. The number of aliphatic hydroxyl groups excluding tert-OH is 2. The van der Waals surface area contributed by atoms with Crippen molar-refractivity contribution in [2.75, 3.05) is 12.3 Å². The number of hydrogen-bond donors (Lipinski definition) is 5. The molecule has 2 aromatic rings. The molecule has 0 bridgehead atoms. The molecule has 0 radical (unpaired) electrons. The van der Waals surface area contributed by atoms with Gasteiger partial charge in [0, 0.05) is 11.1 Å². The summed E-state index contributed by atoms with van der Waals surface area (Å²) in [4.78, 5) is 40.5. The molecule has 3 rings (SSSR count). The summed E-state index contributed by atoms with van der Waals surface area (Å²) >= 11 is 0. The Bertz CT molecular complexity index is 1240. The van der Waals surface area contributed by atoms with Gasteiger partial charge in [0.05, 0.1) is 6.61 Å². The van der Waals surface area contributed by atoms with Crippen LogP contribution in [0, 0.1) is 0 Å². The average molecular weight is 525 g/mol. The van der Waals surface area contributed by atoms with Crippen molar-refractivity contribution in [1.82, 2.24) is 14.6 Å². The number of azide groups is 1. The van der Waals surface area contributed by atoms with E-state index in [0.29, 0.717) is 5.56 Å². The first-order chi connectivity index (χ1) is 17.0. The molecule has 0 amide bonds. The van der Waals surface area contributed by atoms with Crippen LogP contribution < -0.4 is 16.5 Å². The van der Waals surface area contributed by atoms with Crippen molar-refractivity contribution < 1.29 is 38.5 Å². The van der Waals surface area contributed by atoms with Crippen LogP contribution in [0.4, 0.5) is 5.82 Å². The third-order valence-electron chi connectivity index (χ3n) is 5.12. The Kier molecular flexibility index (Phi) is 8.45. The Morgan fingerprint density at radius 2 is 2.11 bits per heavy atom. The highest BCUT2D eigenvalue weighted by atomic mass is 31.2. The van der Waals surface area contributed by atoms with E-state index in [4.69, 9.17) is 25.3 Å². The number of rotatable bonds is 10. The molecule has 16 nitrogen and oxygen atoms in total. The van der Waals surface area contributed by atoms with Crippen LogP contribution >= 0.6 is 7.75 Å². The average Bonchev–Trinajstić information content (AvgIpc) is 3.07. The van der Waals surface area contributed by atoms with Crippen molar-refractivity contribution in [2.45, 2.75) is 43.7 Å². The van der Waals surface area contributed by atoms with E-state index in [0.717, 1.165) is 10.8 Å². The molecular formula is C19H24N7O9P. The normalized spacial score (nSPS) is 25.9. The number of carbonyl (C=O) groups is 1. The van der Waals surface area contributed by atoms with Crippen LogP contribution in [0.5, 0.6) is 0 Å². The van der Waals surface area contributed by atoms with Gasteiger partial charge in [-0.05, 0) is 24.1 Å². The van der Waals surface area contributed by atoms with E-state index in [9.17, 15) is 29.3 Å². The number of hydrogen-bond acceptors (Lipinski definition) is 11. The number of benzene rings is 1. The number of nitrogens with one attached hydrogen (secondary N) is 1. The van der Waals surface area contributed by atoms with Crippen molar-refractivity contribution in [1.29, 1.82) is 0 Å². The zero-order valence-corrected chi connectivity index (χ0v) is 19.7. The quantitative estimate of drug-likeness (QED) is 0.0899. The molecule has 2 heterocycles. The zero-order chi connectivity index (χ0) is 26.5. The fraction of sp³-hybridized carbons (Fsp3) is 0.421. The number of nitrogens with two attached hydrogens (primary N) is 1. The van der Waals surface area contributed by atoms with E-state index in [1.54, 1.807) is 30.3 Å². The first kappa shape index (κ1) is 27.3. The maximum atomic E-state index is 12.5. The summed E-state index contributed by atoms with van der Waals surface area (Å²) in [5.41, 5.74) is 11.7. The van der Waals surface area contributed by atoms with Crippen molar-refractivity contribution in [2.24, 2.45) is 5.11 Å². The van der Waals surface area contributed by atoms with E-state index in [1.807, 2.05) is 0 Å². The number of aromatic nitrogens is 2. The lowest BCUT2D eigenvalue weighted by Crippen LogP contribution is -2.45. The Labute approximate surface area is 203 Å². The monoisotopic (exact) mass is 525 g/mol. The molecule has 36 heavy (non-hydrogen) atoms. The molecule has 1 aliphatic rings. The van der Waals surface area contributed by atoms with Crippen LogP contribution in [0.15, 0.2) is 52.5 Å². The lowest BCUT2D eigenvalue weighted by molar-refractivity contribution is -0.146. The highest BCUT2D eigenvalue weighted by Crippen LogP contribution is 2.44. The fourth-order valence-corrected chi connectivity index (χ4v) is 4.32. The smallest absolute Gasteiger partial charge is 0.403 e. The summed E-state index contributed by atoms with van der Waals surface area (Å²) in [6.07, 6.45) is -4.30. The van der Waals surface area contributed by atoms with Gasteiger partial charge in [-0.25, -0.2) is 14.4 Å². The van der Waals surface area contributed by atoms with Gasteiger partial charge in [-0.15, -0.1) is 0 Å². The first-order valence-corrected chi connectivity index (χ1v) is 12.0. The summed E-state index contributed by atoms with van der Waals surface area (Å²) in [5.74, 6) is -0.970. The number of carbonyl (C=O) groups excluding carboxylic acids is 1. The van der Waals surface area contributed by atoms with Crippen LogP contribution in [0.25, 0.3) is 10.4 Å². The zero-order valence-electron chi connectivity index (χ0n) is 18.8. The molecule has 1 aliphatic heterocycles. The van der Waals surface area contributed by atoms with E-state index in [-0.39, 0.29) is 12.4 Å². The van der Waals surface area contributed by atoms with Gasteiger partial charge in [0.25, 0.3) is 0 Å². The van der Waals surface area contributed by atoms with Gasteiger partial charge in [0.2, 0.25) is 5.72 Å². The number of nitrogens with zero attached hydrogens (tertiary/aromatic N) is 5. The summed E-state index contributed by atoms with van der Waals surface area (Å²) in [6, 6.07) is 8.66. The largest absolute Gasteiger partial charge is 0.460 e. The molecule has 194 valence electrons. The number of ether oxygens (including phenoxy) is 2. The molecule has 1 aromatic carbocycles. The lowest BCUT2D eigenvalue weighted by Gasteiger charge is -2.28. The Morgan fingerprint density at radius 1 is 1.42 bits per heavy atom. The molecule has 1 unspecified atom stereocenters. The maximum absolute atomic E-state index is 12.5. The number of aliphatic hydroxyl groups is 2. The molecular weight excluding hydrogens is 501 g/mol. The topological polar surface area (TPSA) is 244 Å². The minimum atomic E-state index is -4.78. The molecule has 1 aromatic heterocycles. The van der Waals surface area contributed by atoms with E-state index in [2.05, 4.69) is 20.1 Å². The van der Waals surface area contributed by atoms with Gasteiger partial charge < -0.3 is 30.3 Å². The standard InChI is InChI=1S/C19H24N7O9P/c1-11(17(29)33-9-12-5-3-2-4-6-12)23-36(31,32)34-10-19(24-25-21)15(28)14(27)16(35-19)26-8-7-13(20)22-18(26)30/h2-8,11,14-16,27-28H,9-10H2,1H3,(H2,20,22,30)(H2,23,31,32)/t11-,14-,15+,16-,19-/m1/s1. The fourth-order valence-electron chi connectivity index (χ4n) is 3.29.